The van der Waals surface area contributed by atoms with Crippen LogP contribution >= 0.6 is 0 Å². The second-order valence-electron chi connectivity index (χ2n) is 4.30. The smallest absolute Gasteiger partial charge is 0.165 e. The van der Waals surface area contributed by atoms with E-state index in [-0.39, 0.29) is 11.2 Å². The number of hydrogen-bond acceptors (Lipinski definition) is 1. The molecule has 1 aromatic carbocycles. The molecule has 1 N–H and O–H groups in total. The van der Waals surface area contributed by atoms with Gasteiger partial charge in [0.2, 0.25) is 0 Å². The first-order chi connectivity index (χ1) is 6.47. The summed E-state index contributed by atoms with van der Waals surface area (Å²) in [5.74, 6) is -0.812. The van der Waals surface area contributed by atoms with E-state index >= 15 is 0 Å². The molecule has 2 heteroatoms. The molecule has 0 aromatic heterocycles. The summed E-state index contributed by atoms with van der Waals surface area (Å²) >= 11 is 0. The molecule has 0 bridgehead atoms. The van der Waals surface area contributed by atoms with Gasteiger partial charge < -0.3 is 5.11 Å². The van der Waals surface area contributed by atoms with Crippen molar-refractivity contribution in [2.75, 3.05) is 0 Å². The first-order valence-electron chi connectivity index (χ1n) is 4.96. The Bertz CT molecular complexity index is 318. The van der Waals surface area contributed by atoms with Gasteiger partial charge in [-0.05, 0) is 29.5 Å². The molecule has 0 fully saturated rings. The fourth-order valence-electron chi connectivity index (χ4n) is 1.70. The van der Waals surface area contributed by atoms with Gasteiger partial charge in [-0.3, -0.25) is 0 Å². The Morgan fingerprint density at radius 3 is 2.50 bits per heavy atom. The molecule has 0 aliphatic heterocycles. The molecular formula is C12H17FO. The highest BCUT2D eigenvalue weighted by molar-refractivity contribution is 5.32. The summed E-state index contributed by atoms with van der Waals surface area (Å²) in [6.07, 6.45) is 2.08. The van der Waals surface area contributed by atoms with E-state index < -0.39 is 5.82 Å². The van der Waals surface area contributed by atoms with Crippen LogP contribution in [0.5, 0.6) is 5.75 Å². The number of phenols is 1. The number of hydrogen-bond donors (Lipinski definition) is 1. The van der Waals surface area contributed by atoms with Crippen LogP contribution in [0.15, 0.2) is 18.2 Å². The summed E-state index contributed by atoms with van der Waals surface area (Å²) in [4.78, 5) is 0. The van der Waals surface area contributed by atoms with E-state index in [1.165, 1.54) is 12.1 Å². The molecule has 14 heavy (non-hydrogen) atoms. The fraction of sp³-hybridized carbons (Fsp3) is 0.500. The maximum atomic E-state index is 13.1. The van der Waals surface area contributed by atoms with Crippen LogP contribution in [0.4, 0.5) is 4.39 Å². The predicted molar refractivity (Wildman–Crippen MR) is 56.0 cm³/mol. The van der Waals surface area contributed by atoms with E-state index in [0.29, 0.717) is 0 Å². The van der Waals surface area contributed by atoms with Crippen LogP contribution < -0.4 is 0 Å². The minimum absolute atomic E-state index is 0.0245. The summed E-state index contributed by atoms with van der Waals surface area (Å²) in [7, 11) is 0. The third kappa shape index (κ3) is 2.25. The van der Waals surface area contributed by atoms with Gasteiger partial charge in [-0.2, -0.15) is 0 Å². The van der Waals surface area contributed by atoms with Crippen LogP contribution in [0.2, 0.25) is 0 Å². The van der Waals surface area contributed by atoms with Crippen molar-refractivity contribution < 1.29 is 9.50 Å². The molecule has 0 amide bonds. The second kappa shape index (κ2) is 3.99. The van der Waals surface area contributed by atoms with Gasteiger partial charge in [-0.15, -0.1) is 0 Å². The molecule has 0 saturated heterocycles. The SMILES string of the molecule is CCCC(C)(C)c1ccc(O)c(F)c1. The number of phenolic OH excluding ortho intramolecular Hbond substituents is 1. The van der Waals surface area contributed by atoms with Crippen LogP contribution in [0, 0.1) is 5.82 Å². The number of rotatable bonds is 3. The Hall–Kier alpha value is -1.05. The Morgan fingerprint density at radius 1 is 1.36 bits per heavy atom. The predicted octanol–water partition coefficient (Wildman–Crippen LogP) is 3.61. The third-order valence-corrected chi connectivity index (χ3v) is 2.60. The van der Waals surface area contributed by atoms with Crippen molar-refractivity contribution in [1.29, 1.82) is 0 Å². The highest BCUT2D eigenvalue weighted by atomic mass is 19.1. The minimum atomic E-state index is -0.535. The maximum absolute atomic E-state index is 13.1. The first-order valence-corrected chi connectivity index (χ1v) is 4.96. The van der Waals surface area contributed by atoms with Gasteiger partial charge >= 0.3 is 0 Å². The van der Waals surface area contributed by atoms with Gasteiger partial charge in [-0.1, -0.05) is 33.3 Å². The molecule has 1 rings (SSSR count). The lowest BCUT2D eigenvalue weighted by molar-refractivity contribution is 0.425. The van der Waals surface area contributed by atoms with E-state index in [4.69, 9.17) is 5.11 Å². The van der Waals surface area contributed by atoms with E-state index in [1.807, 2.05) is 0 Å². The van der Waals surface area contributed by atoms with Gasteiger partial charge in [0.25, 0.3) is 0 Å². The molecule has 0 saturated carbocycles. The highest BCUT2D eigenvalue weighted by Crippen LogP contribution is 2.30. The Balaban J connectivity index is 3.01. The van der Waals surface area contributed by atoms with E-state index in [1.54, 1.807) is 6.07 Å². The standard InChI is InChI=1S/C12H17FO/c1-4-7-12(2,3)9-5-6-11(14)10(13)8-9/h5-6,8,14H,4,7H2,1-3H3. The summed E-state index contributed by atoms with van der Waals surface area (Å²) < 4.78 is 13.1. The summed E-state index contributed by atoms with van der Waals surface area (Å²) in [6.45, 7) is 6.28. The van der Waals surface area contributed by atoms with E-state index in [2.05, 4.69) is 20.8 Å². The van der Waals surface area contributed by atoms with Crippen LogP contribution in [0.25, 0.3) is 0 Å². The molecule has 0 spiro atoms. The van der Waals surface area contributed by atoms with Crippen LogP contribution in [-0.2, 0) is 5.41 Å². The van der Waals surface area contributed by atoms with Crippen molar-refractivity contribution in [3.05, 3.63) is 29.6 Å². The van der Waals surface area contributed by atoms with Crippen molar-refractivity contribution in [3.63, 3.8) is 0 Å². The monoisotopic (exact) mass is 196 g/mol. The quantitative estimate of drug-likeness (QED) is 0.783. The molecule has 1 aromatic rings. The molecule has 0 unspecified atom stereocenters. The van der Waals surface area contributed by atoms with Gasteiger partial charge in [-0.25, -0.2) is 4.39 Å². The fourth-order valence-corrected chi connectivity index (χ4v) is 1.70. The summed E-state index contributed by atoms with van der Waals surface area (Å²) in [5.41, 5.74) is 0.915. The van der Waals surface area contributed by atoms with E-state index in [0.717, 1.165) is 18.4 Å². The zero-order valence-corrected chi connectivity index (χ0v) is 8.97. The number of aromatic hydroxyl groups is 1. The molecule has 0 heterocycles. The highest BCUT2D eigenvalue weighted by Gasteiger charge is 2.20. The zero-order valence-electron chi connectivity index (χ0n) is 8.97. The number of benzene rings is 1. The lowest BCUT2D eigenvalue weighted by Crippen LogP contribution is -2.16. The average Bonchev–Trinajstić information content (AvgIpc) is 2.09. The Labute approximate surface area is 84.6 Å². The lowest BCUT2D eigenvalue weighted by atomic mass is 9.81. The average molecular weight is 196 g/mol. The minimum Gasteiger partial charge on any atom is -0.505 e. The van der Waals surface area contributed by atoms with Crippen molar-refractivity contribution >= 4 is 0 Å². The van der Waals surface area contributed by atoms with E-state index in [9.17, 15) is 4.39 Å². The van der Waals surface area contributed by atoms with Gasteiger partial charge in [0, 0.05) is 0 Å². The van der Waals surface area contributed by atoms with Crippen molar-refractivity contribution in [3.8, 4) is 5.75 Å². The summed E-state index contributed by atoms with van der Waals surface area (Å²) in [6, 6.07) is 4.63. The molecule has 78 valence electrons. The maximum Gasteiger partial charge on any atom is 0.165 e. The molecule has 0 aliphatic carbocycles. The number of halogens is 1. The second-order valence-corrected chi connectivity index (χ2v) is 4.30. The molecule has 0 aliphatic rings. The first kappa shape index (κ1) is 11.0. The van der Waals surface area contributed by atoms with Crippen molar-refractivity contribution in [2.45, 2.75) is 39.0 Å². The molecule has 0 atom stereocenters. The van der Waals surface area contributed by atoms with Crippen molar-refractivity contribution in [1.82, 2.24) is 0 Å². The lowest BCUT2D eigenvalue weighted by Gasteiger charge is -2.24. The largest absolute Gasteiger partial charge is 0.505 e. The Morgan fingerprint density at radius 2 is 2.00 bits per heavy atom. The van der Waals surface area contributed by atoms with Crippen LogP contribution in [-0.4, -0.2) is 5.11 Å². The third-order valence-electron chi connectivity index (χ3n) is 2.60. The van der Waals surface area contributed by atoms with Crippen LogP contribution in [0.1, 0.15) is 39.2 Å². The van der Waals surface area contributed by atoms with Gasteiger partial charge in [0.05, 0.1) is 0 Å². The molecule has 1 nitrogen and oxygen atoms in total. The molecular weight excluding hydrogens is 179 g/mol. The Kier molecular flexibility index (Phi) is 3.14. The van der Waals surface area contributed by atoms with Gasteiger partial charge in [0.1, 0.15) is 0 Å². The molecule has 0 radical (unpaired) electrons. The van der Waals surface area contributed by atoms with Crippen molar-refractivity contribution in [2.24, 2.45) is 0 Å². The normalized spacial score (nSPS) is 11.7. The van der Waals surface area contributed by atoms with Crippen LogP contribution in [0.3, 0.4) is 0 Å². The topological polar surface area (TPSA) is 20.2 Å². The van der Waals surface area contributed by atoms with Gasteiger partial charge in [0.15, 0.2) is 11.6 Å². The zero-order chi connectivity index (χ0) is 10.8. The summed E-state index contributed by atoms with van der Waals surface area (Å²) in [5, 5.41) is 9.06.